The molecule has 1 N–H and O–H groups in total. The Morgan fingerprint density at radius 2 is 1.88 bits per heavy atom. The summed E-state index contributed by atoms with van der Waals surface area (Å²) in [7, 11) is 0. The molecule has 1 aromatic carbocycles. The van der Waals surface area contributed by atoms with E-state index in [0.29, 0.717) is 0 Å². The number of rotatable bonds is 9. The molecule has 0 spiro atoms. The third-order valence-electron chi connectivity index (χ3n) is 2.52. The highest BCUT2D eigenvalue weighted by Gasteiger charge is 1.92. The molecule has 0 atom stereocenters. The topological polar surface area (TPSA) is 21.3 Å². The van der Waals surface area contributed by atoms with Gasteiger partial charge in [0.25, 0.3) is 0 Å². The molecule has 0 heterocycles. The molecule has 0 fully saturated rings. The fourth-order valence-electron chi connectivity index (χ4n) is 1.57. The van der Waals surface area contributed by atoms with E-state index < -0.39 is 0 Å². The van der Waals surface area contributed by atoms with Crippen molar-refractivity contribution in [2.75, 3.05) is 26.3 Å². The summed E-state index contributed by atoms with van der Waals surface area (Å²) in [6, 6.07) is 10.5. The molecule has 2 heteroatoms. The van der Waals surface area contributed by atoms with Crippen LogP contribution in [0.25, 0.3) is 0 Å². The van der Waals surface area contributed by atoms with Gasteiger partial charge in [-0.3, -0.25) is 0 Å². The molecule has 0 amide bonds. The highest BCUT2D eigenvalue weighted by Crippen LogP contribution is 2.00. The molecule has 0 saturated heterocycles. The number of ether oxygens (including phenoxy) is 1. The van der Waals surface area contributed by atoms with E-state index in [1.165, 1.54) is 12.0 Å². The van der Waals surface area contributed by atoms with Crippen molar-refractivity contribution < 1.29 is 4.74 Å². The maximum Gasteiger partial charge on any atom is 0.0506 e. The summed E-state index contributed by atoms with van der Waals surface area (Å²) in [5.74, 6) is 0. The van der Waals surface area contributed by atoms with Crippen LogP contribution in [-0.4, -0.2) is 26.3 Å². The van der Waals surface area contributed by atoms with Crippen LogP contribution < -0.4 is 5.32 Å². The van der Waals surface area contributed by atoms with Gasteiger partial charge in [0.15, 0.2) is 0 Å². The molecular weight excluding hydrogens is 198 g/mol. The van der Waals surface area contributed by atoms with Crippen molar-refractivity contribution in [2.24, 2.45) is 0 Å². The molecule has 2 nitrogen and oxygen atoms in total. The Morgan fingerprint density at radius 3 is 2.62 bits per heavy atom. The van der Waals surface area contributed by atoms with Crippen LogP contribution in [-0.2, 0) is 11.2 Å². The van der Waals surface area contributed by atoms with Crippen LogP contribution in [0.4, 0.5) is 0 Å². The fraction of sp³-hybridized carbons (Fsp3) is 0.571. The number of hydrogen-bond acceptors (Lipinski definition) is 2. The third kappa shape index (κ3) is 6.59. The Labute approximate surface area is 99.0 Å². The molecule has 1 aromatic rings. The van der Waals surface area contributed by atoms with Gasteiger partial charge in [-0.2, -0.15) is 0 Å². The highest BCUT2D eigenvalue weighted by molar-refractivity contribution is 5.14. The van der Waals surface area contributed by atoms with Gasteiger partial charge in [0.2, 0.25) is 0 Å². The van der Waals surface area contributed by atoms with Crippen molar-refractivity contribution in [1.82, 2.24) is 5.32 Å². The molecule has 0 unspecified atom stereocenters. The van der Waals surface area contributed by atoms with E-state index in [9.17, 15) is 0 Å². The van der Waals surface area contributed by atoms with E-state index >= 15 is 0 Å². The van der Waals surface area contributed by atoms with Gasteiger partial charge in [0, 0.05) is 6.61 Å². The molecule has 0 aliphatic carbocycles. The lowest BCUT2D eigenvalue weighted by Gasteiger charge is -2.04. The zero-order chi connectivity index (χ0) is 11.5. The van der Waals surface area contributed by atoms with Crippen LogP contribution in [0.5, 0.6) is 0 Å². The largest absolute Gasteiger partial charge is 0.381 e. The van der Waals surface area contributed by atoms with E-state index in [4.69, 9.17) is 4.74 Å². The molecule has 0 radical (unpaired) electrons. The Morgan fingerprint density at radius 1 is 1.06 bits per heavy atom. The van der Waals surface area contributed by atoms with Crippen molar-refractivity contribution in [3.8, 4) is 0 Å². The number of unbranched alkanes of at least 4 members (excludes halogenated alkanes) is 1. The quantitative estimate of drug-likeness (QED) is 0.647. The molecule has 16 heavy (non-hydrogen) atoms. The van der Waals surface area contributed by atoms with Crippen LogP contribution in [0, 0.1) is 0 Å². The summed E-state index contributed by atoms with van der Waals surface area (Å²) in [5.41, 5.74) is 1.36. The number of benzene rings is 1. The van der Waals surface area contributed by atoms with Crippen LogP contribution >= 0.6 is 0 Å². The first kappa shape index (κ1) is 13.2. The highest BCUT2D eigenvalue weighted by atomic mass is 16.5. The van der Waals surface area contributed by atoms with Gasteiger partial charge in [-0.1, -0.05) is 37.3 Å². The van der Waals surface area contributed by atoms with Crippen LogP contribution in [0.15, 0.2) is 30.3 Å². The zero-order valence-corrected chi connectivity index (χ0v) is 10.2. The second-order valence-corrected chi connectivity index (χ2v) is 3.91. The van der Waals surface area contributed by atoms with Gasteiger partial charge in [0.05, 0.1) is 6.61 Å². The first-order valence-electron chi connectivity index (χ1n) is 6.26. The summed E-state index contributed by atoms with van der Waals surface area (Å²) in [5, 5.41) is 3.31. The van der Waals surface area contributed by atoms with Gasteiger partial charge < -0.3 is 10.1 Å². The van der Waals surface area contributed by atoms with Crippen molar-refractivity contribution in [1.29, 1.82) is 0 Å². The third-order valence-corrected chi connectivity index (χ3v) is 2.52. The monoisotopic (exact) mass is 221 g/mol. The Balaban J connectivity index is 1.89. The van der Waals surface area contributed by atoms with Gasteiger partial charge in [0.1, 0.15) is 0 Å². The predicted octanol–water partition coefficient (Wildman–Crippen LogP) is 2.64. The van der Waals surface area contributed by atoms with Gasteiger partial charge >= 0.3 is 0 Å². The molecule has 0 saturated carbocycles. The average molecular weight is 221 g/mol. The molecule has 0 bridgehead atoms. The average Bonchev–Trinajstić information content (AvgIpc) is 2.34. The van der Waals surface area contributed by atoms with Crippen molar-refractivity contribution in [3.05, 3.63) is 35.9 Å². The smallest absolute Gasteiger partial charge is 0.0506 e. The van der Waals surface area contributed by atoms with Crippen LogP contribution in [0.3, 0.4) is 0 Å². The Bertz CT molecular complexity index is 248. The van der Waals surface area contributed by atoms with Gasteiger partial charge in [-0.15, -0.1) is 0 Å². The summed E-state index contributed by atoms with van der Waals surface area (Å²) in [4.78, 5) is 0. The normalized spacial score (nSPS) is 10.6. The first-order chi connectivity index (χ1) is 7.93. The molecule has 0 aliphatic rings. The van der Waals surface area contributed by atoms with Crippen LogP contribution in [0.2, 0.25) is 0 Å². The van der Waals surface area contributed by atoms with E-state index in [1.54, 1.807) is 0 Å². The minimum atomic E-state index is 0.839. The lowest BCUT2D eigenvalue weighted by molar-refractivity contribution is 0.133. The van der Waals surface area contributed by atoms with Crippen LogP contribution in [0.1, 0.15) is 25.3 Å². The van der Waals surface area contributed by atoms with E-state index in [-0.39, 0.29) is 0 Å². The number of nitrogens with one attached hydrogen (secondary N) is 1. The minimum absolute atomic E-state index is 0.839. The number of hydrogen-bond donors (Lipinski definition) is 1. The van der Waals surface area contributed by atoms with E-state index in [1.807, 2.05) is 6.07 Å². The Hall–Kier alpha value is -0.860. The standard InChI is InChI=1S/C14H23NO/c1-2-15-11-6-7-12-16-13-10-14-8-4-3-5-9-14/h3-5,8-9,15H,2,6-7,10-13H2,1H3. The summed E-state index contributed by atoms with van der Waals surface area (Å²) in [6.07, 6.45) is 3.38. The molecule has 1 rings (SSSR count). The molecule has 0 aliphatic heterocycles. The summed E-state index contributed by atoms with van der Waals surface area (Å²) in [6.45, 7) is 6.03. The first-order valence-corrected chi connectivity index (χ1v) is 6.26. The second kappa shape index (κ2) is 9.37. The van der Waals surface area contributed by atoms with E-state index in [0.717, 1.165) is 39.1 Å². The zero-order valence-electron chi connectivity index (χ0n) is 10.2. The van der Waals surface area contributed by atoms with Gasteiger partial charge in [-0.05, 0) is 37.9 Å². The van der Waals surface area contributed by atoms with Crippen molar-refractivity contribution in [2.45, 2.75) is 26.2 Å². The minimum Gasteiger partial charge on any atom is -0.381 e. The fourth-order valence-corrected chi connectivity index (χ4v) is 1.57. The lowest BCUT2D eigenvalue weighted by atomic mass is 10.2. The van der Waals surface area contributed by atoms with E-state index in [2.05, 4.69) is 36.5 Å². The summed E-state index contributed by atoms with van der Waals surface area (Å²) < 4.78 is 5.59. The van der Waals surface area contributed by atoms with Crippen molar-refractivity contribution >= 4 is 0 Å². The maximum atomic E-state index is 5.59. The van der Waals surface area contributed by atoms with Crippen molar-refractivity contribution in [3.63, 3.8) is 0 Å². The summed E-state index contributed by atoms with van der Waals surface area (Å²) >= 11 is 0. The van der Waals surface area contributed by atoms with Gasteiger partial charge in [-0.25, -0.2) is 0 Å². The molecular formula is C14H23NO. The lowest BCUT2D eigenvalue weighted by Crippen LogP contribution is -2.14. The predicted molar refractivity (Wildman–Crippen MR) is 68.7 cm³/mol. The maximum absolute atomic E-state index is 5.59. The SMILES string of the molecule is CCNCCCCOCCc1ccccc1. The Kier molecular flexibility index (Phi) is 7.74. The molecule has 90 valence electrons. The second-order valence-electron chi connectivity index (χ2n) is 3.91. The molecule has 0 aromatic heterocycles.